The summed E-state index contributed by atoms with van der Waals surface area (Å²) in [5.41, 5.74) is 0.362. The highest BCUT2D eigenvalue weighted by atomic mass is 16.1. The molecule has 0 aliphatic rings. The number of carbonyl (C=O) groups excluding carboxylic acids is 2. The third-order valence-corrected chi connectivity index (χ3v) is 1.38. The van der Waals surface area contributed by atoms with E-state index in [1.54, 1.807) is 6.08 Å². The molecule has 0 saturated carbocycles. The Kier molecular flexibility index (Phi) is 5.98. The number of hydrogen-bond acceptors (Lipinski definition) is 4. The van der Waals surface area contributed by atoms with Crippen LogP contribution in [0.2, 0.25) is 0 Å². The smallest absolute Gasteiger partial charge is 0.211 e. The van der Waals surface area contributed by atoms with E-state index in [-0.39, 0.29) is 6.04 Å². The van der Waals surface area contributed by atoms with Crippen molar-refractivity contribution < 1.29 is 9.59 Å². The fourth-order valence-corrected chi connectivity index (χ4v) is 0.715. The maximum absolute atomic E-state index is 9.95. The number of aliphatic imine (C=N–C) groups is 2. The number of nitrogens with zero attached hydrogens (tertiary/aromatic N) is 2. The van der Waals surface area contributed by atoms with Gasteiger partial charge in [-0.1, -0.05) is 13.5 Å². The lowest BCUT2D eigenvalue weighted by Gasteiger charge is -1.99. The van der Waals surface area contributed by atoms with Crippen molar-refractivity contribution in [2.45, 2.75) is 19.4 Å². The monoisotopic (exact) mass is 178 g/mol. The molecule has 4 nitrogen and oxygen atoms in total. The molecule has 0 fully saturated rings. The summed E-state index contributed by atoms with van der Waals surface area (Å²) in [5.74, 6) is 0. The molecule has 1 atom stereocenters. The van der Waals surface area contributed by atoms with Crippen LogP contribution in [0.5, 0.6) is 0 Å². The number of isocyanates is 2. The Morgan fingerprint density at radius 2 is 2.23 bits per heavy atom. The summed E-state index contributed by atoms with van der Waals surface area (Å²) in [7, 11) is 0. The van der Waals surface area contributed by atoms with Crippen molar-refractivity contribution >= 4 is 12.2 Å². The second-order valence-electron chi connectivity index (χ2n) is 2.19. The largest absolute Gasteiger partial charge is 0.240 e. The van der Waals surface area contributed by atoms with Crippen LogP contribution in [0.15, 0.2) is 34.4 Å². The summed E-state index contributed by atoms with van der Waals surface area (Å²) >= 11 is 0. The quantitative estimate of drug-likeness (QED) is 0.364. The maximum atomic E-state index is 9.95. The molecule has 0 heterocycles. The van der Waals surface area contributed by atoms with Crippen LogP contribution in [-0.2, 0) is 9.59 Å². The van der Waals surface area contributed by atoms with Gasteiger partial charge in [0.2, 0.25) is 12.2 Å². The molecule has 0 aromatic heterocycles. The Morgan fingerprint density at radius 1 is 1.54 bits per heavy atom. The molecule has 0 aliphatic carbocycles. The molecule has 0 bridgehead atoms. The summed E-state index contributed by atoms with van der Waals surface area (Å²) in [6.45, 7) is 5.30. The molecule has 0 spiro atoms. The van der Waals surface area contributed by atoms with E-state index in [0.717, 1.165) is 0 Å². The van der Waals surface area contributed by atoms with Crippen LogP contribution in [0.3, 0.4) is 0 Å². The molecule has 0 N–H and O–H groups in total. The van der Waals surface area contributed by atoms with Gasteiger partial charge >= 0.3 is 0 Å². The second kappa shape index (κ2) is 6.92. The van der Waals surface area contributed by atoms with Gasteiger partial charge in [0.25, 0.3) is 0 Å². The highest BCUT2D eigenvalue weighted by molar-refractivity contribution is 5.40. The Morgan fingerprint density at radius 3 is 2.62 bits per heavy atom. The first kappa shape index (κ1) is 11.2. The predicted molar refractivity (Wildman–Crippen MR) is 48.6 cm³/mol. The average Bonchev–Trinajstić information content (AvgIpc) is 2.16. The molecule has 0 saturated heterocycles. The third kappa shape index (κ3) is 4.64. The van der Waals surface area contributed by atoms with E-state index in [0.29, 0.717) is 12.1 Å². The molecule has 13 heavy (non-hydrogen) atoms. The van der Waals surface area contributed by atoms with Crippen LogP contribution in [-0.4, -0.2) is 18.2 Å². The first-order valence-electron chi connectivity index (χ1n) is 3.77. The summed E-state index contributed by atoms with van der Waals surface area (Å²) in [6.07, 6.45) is 6.43. The lowest BCUT2D eigenvalue weighted by atomic mass is 10.2. The number of hydrogen-bond donors (Lipinski definition) is 0. The van der Waals surface area contributed by atoms with E-state index in [9.17, 15) is 9.59 Å². The third-order valence-electron chi connectivity index (χ3n) is 1.38. The normalized spacial score (nSPS) is 12.2. The van der Waals surface area contributed by atoms with Crippen molar-refractivity contribution in [3.05, 3.63) is 24.4 Å². The predicted octanol–water partition coefficient (Wildman–Crippen LogP) is 1.51. The fourth-order valence-electron chi connectivity index (χ4n) is 0.715. The fraction of sp³-hybridized carbons (Fsp3) is 0.333. The molecule has 0 rings (SSSR count). The molecular formula is C9H10N2O2. The van der Waals surface area contributed by atoms with Crippen LogP contribution < -0.4 is 0 Å². The first-order valence-corrected chi connectivity index (χ1v) is 3.77. The van der Waals surface area contributed by atoms with Crippen molar-refractivity contribution in [3.8, 4) is 0 Å². The van der Waals surface area contributed by atoms with Gasteiger partial charge in [-0.15, -0.1) is 0 Å². The summed E-state index contributed by atoms with van der Waals surface area (Å²) in [5, 5.41) is 0. The van der Waals surface area contributed by atoms with E-state index in [1.807, 2.05) is 6.92 Å². The van der Waals surface area contributed by atoms with Crippen LogP contribution in [0.1, 0.15) is 13.3 Å². The minimum atomic E-state index is -0.303. The van der Waals surface area contributed by atoms with Gasteiger partial charge in [0.15, 0.2) is 0 Å². The molecule has 0 aromatic carbocycles. The topological polar surface area (TPSA) is 58.9 Å². The summed E-state index contributed by atoms with van der Waals surface area (Å²) < 4.78 is 0. The second-order valence-corrected chi connectivity index (χ2v) is 2.19. The molecule has 0 aliphatic heterocycles. The summed E-state index contributed by atoms with van der Waals surface area (Å²) in [6, 6.07) is -0.303. The molecule has 0 unspecified atom stereocenters. The minimum absolute atomic E-state index is 0.303. The average molecular weight is 178 g/mol. The molecule has 68 valence electrons. The standard InChI is InChI=1S/C9H10N2O2/c1-3-8(10-6-12)5-9(4-2)11-7-13/h3,5,9H,1,4H2,2H3/b8-5+/t9-/m1/s1. The highest BCUT2D eigenvalue weighted by Crippen LogP contribution is 2.05. The van der Waals surface area contributed by atoms with Gasteiger partial charge in [-0.3, -0.25) is 0 Å². The Balaban J connectivity index is 4.71. The molecule has 0 radical (unpaired) electrons. The first-order chi connectivity index (χ1) is 6.28. The maximum Gasteiger partial charge on any atom is 0.240 e. The summed E-state index contributed by atoms with van der Waals surface area (Å²) in [4.78, 5) is 26.7. The molecule has 4 heteroatoms. The van der Waals surface area contributed by atoms with Gasteiger partial charge in [0.05, 0.1) is 11.7 Å². The van der Waals surface area contributed by atoms with Crippen molar-refractivity contribution in [3.63, 3.8) is 0 Å². The molecular weight excluding hydrogens is 168 g/mol. The van der Waals surface area contributed by atoms with Crippen molar-refractivity contribution in [2.75, 3.05) is 0 Å². The van der Waals surface area contributed by atoms with Gasteiger partial charge in [-0.05, 0) is 18.6 Å². The van der Waals surface area contributed by atoms with Gasteiger partial charge in [-0.25, -0.2) is 9.59 Å². The minimum Gasteiger partial charge on any atom is -0.211 e. The van der Waals surface area contributed by atoms with Crippen LogP contribution in [0.25, 0.3) is 0 Å². The Labute approximate surface area is 76.4 Å². The molecule has 0 amide bonds. The van der Waals surface area contributed by atoms with E-state index >= 15 is 0 Å². The zero-order valence-corrected chi connectivity index (χ0v) is 7.36. The van der Waals surface area contributed by atoms with Crippen molar-refractivity contribution in [1.29, 1.82) is 0 Å². The highest BCUT2D eigenvalue weighted by Gasteiger charge is 1.99. The number of rotatable bonds is 5. The van der Waals surface area contributed by atoms with E-state index < -0.39 is 0 Å². The van der Waals surface area contributed by atoms with Crippen LogP contribution in [0.4, 0.5) is 0 Å². The zero-order chi connectivity index (χ0) is 10.1. The zero-order valence-electron chi connectivity index (χ0n) is 7.36. The lowest BCUT2D eigenvalue weighted by Crippen LogP contribution is -1.97. The van der Waals surface area contributed by atoms with Crippen molar-refractivity contribution in [2.24, 2.45) is 9.98 Å². The van der Waals surface area contributed by atoms with Gasteiger partial charge in [0, 0.05) is 0 Å². The van der Waals surface area contributed by atoms with E-state index in [1.165, 1.54) is 18.2 Å². The van der Waals surface area contributed by atoms with Crippen LogP contribution >= 0.6 is 0 Å². The van der Waals surface area contributed by atoms with E-state index in [4.69, 9.17) is 0 Å². The van der Waals surface area contributed by atoms with Crippen molar-refractivity contribution in [1.82, 2.24) is 0 Å². The SMILES string of the molecule is C=C/C(=C\[C@@H](CC)N=C=O)N=C=O. The lowest BCUT2D eigenvalue weighted by molar-refractivity contribution is 0.559. The van der Waals surface area contributed by atoms with Crippen LogP contribution in [0, 0.1) is 0 Å². The van der Waals surface area contributed by atoms with Gasteiger partial charge in [-0.2, -0.15) is 9.98 Å². The number of allylic oxidation sites excluding steroid dienone is 1. The Hall–Kier alpha value is -1.76. The van der Waals surface area contributed by atoms with Gasteiger partial charge in [0.1, 0.15) is 0 Å². The Bertz CT molecular complexity index is 295. The molecule has 0 aromatic rings. The van der Waals surface area contributed by atoms with Gasteiger partial charge < -0.3 is 0 Å². The van der Waals surface area contributed by atoms with E-state index in [2.05, 4.69) is 16.6 Å².